The lowest BCUT2D eigenvalue weighted by Crippen LogP contribution is -2.55. The Hall–Kier alpha value is -1.34. The number of aliphatic hydroxyl groups is 2. The molecule has 0 spiro atoms. The van der Waals surface area contributed by atoms with Gasteiger partial charge in [0, 0.05) is 43.2 Å². The Balaban J connectivity index is 1.21. The van der Waals surface area contributed by atoms with Gasteiger partial charge in [0.25, 0.3) is 0 Å². The number of rotatable bonds is 9. The van der Waals surface area contributed by atoms with E-state index in [-0.39, 0.29) is 48.1 Å². The van der Waals surface area contributed by atoms with Gasteiger partial charge < -0.3 is 25.6 Å². The highest BCUT2D eigenvalue weighted by atomic mass is 35.5. The number of halogens is 1. The summed E-state index contributed by atoms with van der Waals surface area (Å²) < 4.78 is 5.85. The summed E-state index contributed by atoms with van der Waals surface area (Å²) >= 11 is 6.49. The van der Waals surface area contributed by atoms with Crippen LogP contribution in [0.4, 0.5) is 0 Å². The smallest absolute Gasteiger partial charge is 0.225 e. The lowest BCUT2D eigenvalue weighted by atomic mass is 9.72. The molecule has 1 saturated heterocycles. The largest absolute Gasteiger partial charge is 0.390 e. The first-order valence-corrected chi connectivity index (χ1v) is 16.6. The molecule has 0 radical (unpaired) electrons. The molecule has 2 heterocycles. The molecule has 5 aliphatic rings. The minimum atomic E-state index is -1.02. The fraction of sp³-hybridized carbons (Fsp3) is 0.900. The minimum absolute atomic E-state index is 0.0503. The third-order valence-corrected chi connectivity index (χ3v) is 10.8. The molecule has 8 unspecified atom stereocenters. The van der Waals surface area contributed by atoms with Crippen LogP contribution in [0.5, 0.6) is 0 Å². The SMILES string of the molecule is COC1CCC2C(C1)C(C1CCC(Cl)CC1)=N[C@@H](CC(=O)NCCCNC(=O)C1CCCC(O)C1O)C1NNC(C)N21. The second-order valence-corrected chi connectivity index (χ2v) is 13.7. The van der Waals surface area contributed by atoms with Crippen LogP contribution in [0.3, 0.4) is 0 Å². The molecule has 9 atom stereocenters. The fourth-order valence-electron chi connectivity index (χ4n) is 8.02. The molecule has 11 nitrogen and oxygen atoms in total. The summed E-state index contributed by atoms with van der Waals surface area (Å²) in [6.45, 7) is 3.01. The van der Waals surface area contributed by atoms with Gasteiger partial charge >= 0.3 is 0 Å². The molecule has 3 aliphatic carbocycles. The molecule has 42 heavy (non-hydrogen) atoms. The second-order valence-electron chi connectivity index (χ2n) is 13.1. The van der Waals surface area contributed by atoms with E-state index in [1.165, 1.54) is 5.71 Å². The van der Waals surface area contributed by atoms with Crippen molar-refractivity contribution in [2.45, 2.75) is 132 Å². The number of hydrazine groups is 1. The Morgan fingerprint density at radius 1 is 1.05 bits per heavy atom. The van der Waals surface area contributed by atoms with Crippen molar-refractivity contribution in [2.75, 3.05) is 20.2 Å². The number of nitrogens with one attached hydrogen (secondary N) is 4. The van der Waals surface area contributed by atoms with Gasteiger partial charge in [-0.25, -0.2) is 10.9 Å². The topological polar surface area (TPSA) is 148 Å². The Kier molecular flexibility index (Phi) is 11.2. The van der Waals surface area contributed by atoms with Gasteiger partial charge in [-0.15, -0.1) is 11.6 Å². The molecule has 3 saturated carbocycles. The van der Waals surface area contributed by atoms with Gasteiger partial charge in [-0.1, -0.05) is 0 Å². The number of fused-ring (bicyclic) bond motifs is 3. The van der Waals surface area contributed by atoms with E-state index in [1.54, 1.807) is 0 Å². The maximum Gasteiger partial charge on any atom is 0.225 e. The molecule has 4 fully saturated rings. The van der Waals surface area contributed by atoms with Crippen molar-refractivity contribution in [3.05, 3.63) is 0 Å². The molecule has 0 aromatic carbocycles. The lowest BCUT2D eigenvalue weighted by Gasteiger charge is -2.44. The van der Waals surface area contributed by atoms with Crippen molar-refractivity contribution in [1.82, 2.24) is 26.4 Å². The van der Waals surface area contributed by atoms with Crippen LogP contribution in [-0.2, 0) is 14.3 Å². The highest BCUT2D eigenvalue weighted by molar-refractivity contribution is 6.20. The molecule has 0 aromatic heterocycles. The lowest BCUT2D eigenvalue weighted by molar-refractivity contribution is -0.135. The van der Waals surface area contributed by atoms with Crippen LogP contribution < -0.4 is 21.5 Å². The third kappa shape index (κ3) is 7.30. The van der Waals surface area contributed by atoms with Crippen LogP contribution in [0.2, 0.25) is 0 Å². The zero-order valence-corrected chi connectivity index (χ0v) is 25.9. The van der Waals surface area contributed by atoms with Crippen LogP contribution in [0, 0.1) is 17.8 Å². The normalized spacial score (nSPS) is 40.8. The average molecular weight is 611 g/mol. The molecule has 6 N–H and O–H groups in total. The van der Waals surface area contributed by atoms with E-state index >= 15 is 0 Å². The molecule has 12 heteroatoms. The number of ether oxygens (including phenoxy) is 1. The van der Waals surface area contributed by atoms with Crippen molar-refractivity contribution in [3.63, 3.8) is 0 Å². The first-order chi connectivity index (χ1) is 20.3. The first-order valence-electron chi connectivity index (χ1n) is 16.2. The summed E-state index contributed by atoms with van der Waals surface area (Å²) in [5.74, 6) is -0.171. The summed E-state index contributed by atoms with van der Waals surface area (Å²) in [7, 11) is 1.81. The molecule has 0 bridgehead atoms. The van der Waals surface area contributed by atoms with Gasteiger partial charge in [0.1, 0.15) is 0 Å². The zero-order valence-electron chi connectivity index (χ0n) is 25.1. The van der Waals surface area contributed by atoms with E-state index in [4.69, 9.17) is 21.3 Å². The monoisotopic (exact) mass is 610 g/mol. The van der Waals surface area contributed by atoms with E-state index in [1.807, 2.05) is 7.11 Å². The van der Waals surface area contributed by atoms with Crippen LogP contribution in [-0.4, -0.2) is 101 Å². The summed E-state index contributed by atoms with van der Waals surface area (Å²) in [5.41, 5.74) is 8.14. The molecule has 0 aromatic rings. The molecule has 5 rings (SSSR count). The molecule has 2 amide bonds. The fourth-order valence-corrected chi connectivity index (χ4v) is 8.28. The Morgan fingerprint density at radius 3 is 2.57 bits per heavy atom. The van der Waals surface area contributed by atoms with E-state index in [0.717, 1.165) is 51.4 Å². The second kappa shape index (κ2) is 14.6. The summed E-state index contributed by atoms with van der Waals surface area (Å²) in [6, 6.07) is 0.114. The minimum Gasteiger partial charge on any atom is -0.390 e. The number of hydrogen-bond acceptors (Lipinski definition) is 9. The van der Waals surface area contributed by atoms with Crippen molar-refractivity contribution in [1.29, 1.82) is 0 Å². The van der Waals surface area contributed by atoms with Crippen LogP contribution in [0.1, 0.15) is 84.0 Å². The number of aliphatic hydroxyl groups excluding tert-OH is 2. The molecular formula is C30H51ClN6O5. The van der Waals surface area contributed by atoms with Crippen molar-refractivity contribution >= 4 is 29.1 Å². The quantitative estimate of drug-likeness (QED) is 0.170. The van der Waals surface area contributed by atoms with E-state index in [9.17, 15) is 19.8 Å². The summed E-state index contributed by atoms with van der Waals surface area (Å²) in [4.78, 5) is 33.7. The number of methoxy groups -OCH3 is 1. The van der Waals surface area contributed by atoms with E-state index < -0.39 is 18.1 Å². The maximum absolute atomic E-state index is 13.2. The van der Waals surface area contributed by atoms with Crippen molar-refractivity contribution in [2.24, 2.45) is 22.7 Å². The Labute approximate surface area is 254 Å². The average Bonchev–Trinajstić information content (AvgIpc) is 3.31. The van der Waals surface area contributed by atoms with Crippen molar-refractivity contribution < 1.29 is 24.5 Å². The summed E-state index contributed by atoms with van der Waals surface area (Å²) in [6.07, 6.45) is 8.22. The van der Waals surface area contributed by atoms with Gasteiger partial charge in [-0.05, 0) is 83.5 Å². The van der Waals surface area contributed by atoms with Gasteiger partial charge in [0.05, 0.1) is 49.0 Å². The van der Waals surface area contributed by atoms with Crippen LogP contribution in [0.25, 0.3) is 0 Å². The number of aliphatic imine (C=N–C) groups is 1. The third-order valence-electron chi connectivity index (χ3n) is 10.4. The Bertz CT molecular complexity index is 964. The van der Waals surface area contributed by atoms with Gasteiger partial charge in [0.15, 0.2) is 0 Å². The molecular weight excluding hydrogens is 560 g/mol. The van der Waals surface area contributed by atoms with Crippen molar-refractivity contribution in [3.8, 4) is 0 Å². The van der Waals surface area contributed by atoms with Gasteiger partial charge in [-0.3, -0.25) is 19.5 Å². The number of alkyl halides is 1. The number of hydrogen-bond donors (Lipinski definition) is 6. The highest BCUT2D eigenvalue weighted by Crippen LogP contribution is 2.42. The number of amides is 2. The van der Waals surface area contributed by atoms with E-state index in [2.05, 4.69) is 33.3 Å². The first kappa shape index (κ1) is 32.1. The molecule has 238 valence electrons. The highest BCUT2D eigenvalue weighted by Gasteiger charge is 2.50. The number of carbonyl (C=O) groups is 2. The predicted octanol–water partition coefficient (Wildman–Crippen LogP) is 1.41. The number of carbonyl (C=O) groups excluding carboxylic acids is 2. The standard InChI is InChI=1S/C30H51ClN6O5/c1-17-35-36-29-23(16-26(39)32-13-4-14-33-30(41)21-5-3-6-25(38)28(21)40)34-27(18-7-9-19(31)10-8-18)22-15-20(42-2)11-12-24(22)37(17)29/h17-25,28-29,35-36,38,40H,3-16H2,1-2H3,(H,32,39)(H,33,41)/t17?,18?,19?,20?,21?,22?,23-,24?,25?,28?,29?/m0/s1. The van der Waals surface area contributed by atoms with Crippen LogP contribution >= 0.6 is 11.6 Å². The summed E-state index contributed by atoms with van der Waals surface area (Å²) in [5, 5.41) is 26.1. The van der Waals surface area contributed by atoms with Gasteiger partial charge in [-0.2, -0.15) is 0 Å². The zero-order chi connectivity index (χ0) is 29.8. The van der Waals surface area contributed by atoms with Gasteiger partial charge in [0.2, 0.25) is 11.8 Å². The van der Waals surface area contributed by atoms with E-state index in [0.29, 0.717) is 50.2 Å². The van der Waals surface area contributed by atoms with Crippen LogP contribution in [0.15, 0.2) is 4.99 Å². The maximum atomic E-state index is 13.2. The number of nitrogens with zero attached hydrogens (tertiary/aromatic N) is 2. The molecule has 2 aliphatic heterocycles. The Morgan fingerprint density at radius 2 is 1.81 bits per heavy atom. The predicted molar refractivity (Wildman–Crippen MR) is 161 cm³/mol.